The second-order valence-corrected chi connectivity index (χ2v) is 2.51. The van der Waals surface area contributed by atoms with E-state index in [0.717, 1.165) is 0 Å². The van der Waals surface area contributed by atoms with E-state index in [9.17, 15) is 4.79 Å². The quantitative estimate of drug-likeness (QED) is 0.653. The topological polar surface area (TPSA) is 46.5 Å². The Bertz CT molecular complexity index is 112. The number of halogens is 2. The molecule has 0 heterocycles. The van der Waals surface area contributed by atoms with Gasteiger partial charge in [-0.2, -0.15) is 0 Å². The van der Waals surface area contributed by atoms with E-state index < -0.39 is 10.5 Å². The third kappa shape index (κ3) is 2.89. The monoisotopic (exact) mass is 172 g/mol. The first-order chi connectivity index (χ1) is 4.00. The van der Waals surface area contributed by atoms with Gasteiger partial charge >= 0.3 is 10.5 Å². The maximum absolute atomic E-state index is 10.0. The minimum Gasteiger partial charge on any atom is -0.477 e. The Kier molecular flexibility index (Phi) is 3.25. The predicted octanol–water partition coefficient (Wildman–Crippen LogP) is 1.24. The molecule has 0 saturated heterocycles. The molecule has 1 N–H and O–H groups in total. The summed E-state index contributed by atoms with van der Waals surface area (Å²) in [5, 5.41) is 8.18. The lowest BCUT2D eigenvalue weighted by Crippen LogP contribution is -2.28. The zero-order valence-electron chi connectivity index (χ0n) is 4.73. The van der Waals surface area contributed by atoms with E-state index in [1.165, 1.54) is 0 Å². The minimum atomic E-state index is -2.09. The van der Waals surface area contributed by atoms with Crippen molar-refractivity contribution in [2.45, 2.75) is 11.4 Å². The Hall–Kier alpha value is 0.01000. The van der Waals surface area contributed by atoms with Gasteiger partial charge in [-0.05, 0) is 6.92 Å². The Morgan fingerprint density at radius 2 is 2.22 bits per heavy atom. The fourth-order valence-electron chi connectivity index (χ4n) is 0.243. The summed E-state index contributed by atoms with van der Waals surface area (Å²) >= 11 is 10.2. The van der Waals surface area contributed by atoms with Crippen molar-refractivity contribution in [3.05, 3.63) is 0 Å². The van der Waals surface area contributed by atoms with Gasteiger partial charge in [0.1, 0.15) is 0 Å². The van der Waals surface area contributed by atoms with Crippen LogP contribution in [0, 0.1) is 0 Å². The van der Waals surface area contributed by atoms with Gasteiger partial charge in [0.25, 0.3) is 0 Å². The molecular formula is C4H6Cl2O3. The van der Waals surface area contributed by atoms with Crippen molar-refractivity contribution >= 4 is 29.2 Å². The van der Waals surface area contributed by atoms with Crippen LogP contribution in [0.5, 0.6) is 0 Å². The van der Waals surface area contributed by atoms with Crippen LogP contribution in [0.15, 0.2) is 0 Å². The van der Waals surface area contributed by atoms with Gasteiger partial charge in [0.2, 0.25) is 0 Å². The van der Waals surface area contributed by atoms with E-state index in [-0.39, 0.29) is 6.61 Å². The molecule has 0 aliphatic carbocycles. The molecule has 0 aliphatic heterocycles. The average Bonchev–Trinajstić information content (AvgIpc) is 1.65. The largest absolute Gasteiger partial charge is 0.477 e. The minimum absolute atomic E-state index is 0.166. The van der Waals surface area contributed by atoms with Crippen molar-refractivity contribution in [3.63, 3.8) is 0 Å². The summed E-state index contributed by atoms with van der Waals surface area (Å²) in [4.78, 5) is 10.0. The summed E-state index contributed by atoms with van der Waals surface area (Å²) in [5.41, 5.74) is 0. The first kappa shape index (κ1) is 9.01. The van der Waals surface area contributed by atoms with Crippen LogP contribution in [-0.4, -0.2) is 22.2 Å². The molecule has 0 saturated carbocycles. The Morgan fingerprint density at radius 3 is 2.33 bits per heavy atom. The lowest BCUT2D eigenvalue weighted by atomic mass is 10.7. The predicted molar refractivity (Wildman–Crippen MR) is 33.7 cm³/mol. The number of hydrogen-bond acceptors (Lipinski definition) is 2. The smallest absolute Gasteiger partial charge is 0.368 e. The molecule has 0 rings (SSSR count). The third-order valence-electron chi connectivity index (χ3n) is 0.575. The summed E-state index contributed by atoms with van der Waals surface area (Å²) in [7, 11) is 0. The molecule has 0 radical (unpaired) electrons. The van der Waals surface area contributed by atoms with Crippen LogP contribution >= 0.6 is 23.2 Å². The number of hydrogen-bond donors (Lipinski definition) is 1. The van der Waals surface area contributed by atoms with Gasteiger partial charge in [0.05, 0.1) is 0 Å². The number of alkyl halides is 2. The van der Waals surface area contributed by atoms with Crippen LogP contribution in [0.4, 0.5) is 0 Å². The number of carbonyl (C=O) groups is 1. The lowest BCUT2D eigenvalue weighted by Gasteiger charge is -2.12. The van der Waals surface area contributed by atoms with Crippen LogP contribution in [0.3, 0.4) is 0 Å². The van der Waals surface area contributed by atoms with E-state index in [4.69, 9.17) is 28.3 Å². The molecule has 0 fully saturated rings. The lowest BCUT2D eigenvalue weighted by molar-refractivity contribution is -0.147. The summed E-state index contributed by atoms with van der Waals surface area (Å²) < 4.78 is 2.33. The Labute approximate surface area is 62.5 Å². The first-order valence-electron chi connectivity index (χ1n) is 2.26. The highest BCUT2D eigenvalue weighted by atomic mass is 35.5. The van der Waals surface area contributed by atoms with E-state index in [1.807, 2.05) is 0 Å². The molecule has 0 atom stereocenters. The summed E-state index contributed by atoms with van der Waals surface area (Å²) in [6.45, 7) is 1.77. The molecular weight excluding hydrogens is 167 g/mol. The van der Waals surface area contributed by atoms with E-state index >= 15 is 0 Å². The molecule has 54 valence electrons. The number of rotatable bonds is 3. The standard InChI is InChI=1S/C4H6Cl2O3/c1-2-9-4(5,6)3(7)8/h2H2,1H3,(H,7,8). The second-order valence-electron chi connectivity index (χ2n) is 1.25. The third-order valence-corrected chi connectivity index (χ3v) is 1.12. The summed E-state index contributed by atoms with van der Waals surface area (Å²) in [6, 6.07) is 0. The molecule has 0 aromatic rings. The maximum Gasteiger partial charge on any atom is 0.368 e. The van der Waals surface area contributed by atoms with Crippen LogP contribution in [0.25, 0.3) is 0 Å². The number of aliphatic carboxylic acids is 1. The van der Waals surface area contributed by atoms with E-state index in [0.29, 0.717) is 0 Å². The molecule has 0 aliphatic rings. The second kappa shape index (κ2) is 3.25. The molecule has 0 aromatic heterocycles. The van der Waals surface area contributed by atoms with Gasteiger partial charge in [0.15, 0.2) is 0 Å². The fraction of sp³-hybridized carbons (Fsp3) is 0.750. The van der Waals surface area contributed by atoms with Crippen LogP contribution in [-0.2, 0) is 9.53 Å². The zero-order valence-corrected chi connectivity index (χ0v) is 6.24. The fourth-order valence-corrected chi connectivity index (χ4v) is 0.461. The summed E-state index contributed by atoms with van der Waals surface area (Å²) in [6.07, 6.45) is 0. The average molecular weight is 173 g/mol. The number of carboxylic acids is 1. The van der Waals surface area contributed by atoms with Gasteiger partial charge in [-0.1, -0.05) is 23.2 Å². The molecule has 0 unspecified atom stereocenters. The molecule has 0 spiro atoms. The van der Waals surface area contributed by atoms with Gasteiger partial charge in [-0.15, -0.1) is 0 Å². The maximum atomic E-state index is 10.0. The Balaban J connectivity index is 3.85. The zero-order chi connectivity index (χ0) is 7.49. The summed E-state index contributed by atoms with van der Waals surface area (Å²) in [5.74, 6) is -1.40. The van der Waals surface area contributed by atoms with Crippen molar-refractivity contribution < 1.29 is 14.6 Å². The van der Waals surface area contributed by atoms with Gasteiger partial charge in [0, 0.05) is 6.61 Å². The van der Waals surface area contributed by atoms with Gasteiger partial charge in [-0.3, -0.25) is 0 Å². The normalized spacial score (nSPS) is 11.4. The molecule has 0 aromatic carbocycles. The van der Waals surface area contributed by atoms with Crippen molar-refractivity contribution in [2.75, 3.05) is 6.61 Å². The number of carboxylic acid groups (broad SMARTS) is 1. The molecule has 9 heavy (non-hydrogen) atoms. The molecule has 0 amide bonds. The van der Waals surface area contributed by atoms with Crippen molar-refractivity contribution in [3.8, 4) is 0 Å². The van der Waals surface area contributed by atoms with Crippen molar-refractivity contribution in [1.82, 2.24) is 0 Å². The van der Waals surface area contributed by atoms with Gasteiger partial charge < -0.3 is 9.84 Å². The molecule has 0 bridgehead atoms. The first-order valence-corrected chi connectivity index (χ1v) is 3.01. The highest BCUT2D eigenvalue weighted by Gasteiger charge is 2.33. The highest BCUT2D eigenvalue weighted by molar-refractivity contribution is 6.56. The van der Waals surface area contributed by atoms with Crippen molar-refractivity contribution in [1.29, 1.82) is 0 Å². The van der Waals surface area contributed by atoms with Crippen LogP contribution in [0.2, 0.25) is 0 Å². The highest BCUT2D eigenvalue weighted by Crippen LogP contribution is 2.21. The number of ether oxygens (including phenoxy) is 1. The van der Waals surface area contributed by atoms with E-state index in [1.54, 1.807) is 6.92 Å². The van der Waals surface area contributed by atoms with Crippen LogP contribution < -0.4 is 0 Å². The van der Waals surface area contributed by atoms with Crippen molar-refractivity contribution in [2.24, 2.45) is 0 Å². The van der Waals surface area contributed by atoms with E-state index in [2.05, 4.69) is 4.74 Å². The van der Waals surface area contributed by atoms with Gasteiger partial charge in [-0.25, -0.2) is 4.79 Å². The Morgan fingerprint density at radius 1 is 1.78 bits per heavy atom. The SMILES string of the molecule is CCOC(Cl)(Cl)C(=O)O. The molecule has 3 nitrogen and oxygen atoms in total. The van der Waals surface area contributed by atoms with Crippen LogP contribution in [0.1, 0.15) is 6.92 Å². The molecule has 5 heteroatoms.